The van der Waals surface area contributed by atoms with E-state index in [1.165, 1.54) is 24.7 Å². The predicted molar refractivity (Wildman–Crippen MR) is 93.5 cm³/mol. The summed E-state index contributed by atoms with van der Waals surface area (Å²) in [5, 5.41) is 5.73. The van der Waals surface area contributed by atoms with Crippen LogP contribution >= 0.6 is 24.8 Å². The molecule has 3 heterocycles. The van der Waals surface area contributed by atoms with E-state index in [9.17, 15) is 13.2 Å². The SMILES string of the molecule is Cl.Cl.FC(F)(F)C(Nc1ncnc2c1CCNCC2)c1ccccn1. The van der Waals surface area contributed by atoms with Gasteiger partial charge in [0.25, 0.3) is 0 Å². The molecule has 0 saturated carbocycles. The van der Waals surface area contributed by atoms with Crippen LogP contribution in [0.3, 0.4) is 0 Å². The molecule has 2 N–H and O–H groups in total. The number of hydrogen-bond donors (Lipinski definition) is 2. The number of alkyl halides is 3. The first-order chi connectivity index (χ1) is 11.1. The third-order valence-corrected chi connectivity index (χ3v) is 3.72. The molecular weight excluding hydrogens is 378 g/mol. The summed E-state index contributed by atoms with van der Waals surface area (Å²) < 4.78 is 40.3. The molecule has 2 aromatic heterocycles. The molecule has 1 atom stereocenters. The Balaban J connectivity index is 0.00000156. The van der Waals surface area contributed by atoms with Gasteiger partial charge in [-0.15, -0.1) is 24.8 Å². The molecule has 1 unspecified atom stereocenters. The molecule has 0 saturated heterocycles. The minimum atomic E-state index is -4.48. The lowest BCUT2D eigenvalue weighted by molar-refractivity contribution is -0.144. The lowest BCUT2D eigenvalue weighted by Gasteiger charge is -2.23. The number of aromatic nitrogens is 3. The van der Waals surface area contributed by atoms with Gasteiger partial charge >= 0.3 is 6.18 Å². The minimum absolute atomic E-state index is 0. The van der Waals surface area contributed by atoms with Crippen molar-refractivity contribution in [2.24, 2.45) is 0 Å². The molecule has 3 rings (SSSR count). The molecule has 0 amide bonds. The highest BCUT2D eigenvalue weighted by atomic mass is 35.5. The average Bonchev–Trinajstić information content (AvgIpc) is 2.78. The van der Waals surface area contributed by atoms with E-state index in [0.29, 0.717) is 19.4 Å². The molecule has 0 spiro atoms. The largest absolute Gasteiger partial charge is 0.414 e. The fourth-order valence-electron chi connectivity index (χ4n) is 2.60. The summed E-state index contributed by atoms with van der Waals surface area (Å²) in [6, 6.07) is 2.57. The van der Waals surface area contributed by atoms with Gasteiger partial charge in [0.1, 0.15) is 12.1 Å². The van der Waals surface area contributed by atoms with Crippen molar-refractivity contribution in [3.05, 3.63) is 47.7 Å². The van der Waals surface area contributed by atoms with Crippen LogP contribution in [0.2, 0.25) is 0 Å². The van der Waals surface area contributed by atoms with Crippen molar-refractivity contribution < 1.29 is 13.2 Å². The molecule has 2 aromatic rings. The van der Waals surface area contributed by atoms with E-state index < -0.39 is 12.2 Å². The maximum atomic E-state index is 13.4. The van der Waals surface area contributed by atoms with Crippen LogP contribution in [0.1, 0.15) is 23.0 Å². The third-order valence-electron chi connectivity index (χ3n) is 3.72. The number of anilines is 1. The molecule has 0 radical (unpaired) electrons. The van der Waals surface area contributed by atoms with E-state index >= 15 is 0 Å². The second kappa shape index (κ2) is 9.17. The van der Waals surface area contributed by atoms with Crippen molar-refractivity contribution in [2.45, 2.75) is 25.1 Å². The van der Waals surface area contributed by atoms with E-state index in [-0.39, 0.29) is 36.3 Å². The van der Waals surface area contributed by atoms with Crippen molar-refractivity contribution in [3.8, 4) is 0 Å². The molecule has 5 nitrogen and oxygen atoms in total. The molecule has 1 aliphatic heterocycles. The lowest BCUT2D eigenvalue weighted by Crippen LogP contribution is -2.29. The van der Waals surface area contributed by atoms with Gasteiger partial charge in [0.2, 0.25) is 0 Å². The van der Waals surface area contributed by atoms with Crippen LogP contribution < -0.4 is 10.6 Å². The van der Waals surface area contributed by atoms with Gasteiger partial charge in [0.05, 0.1) is 11.4 Å². The van der Waals surface area contributed by atoms with Gasteiger partial charge in [-0.25, -0.2) is 9.97 Å². The number of nitrogens with one attached hydrogen (secondary N) is 2. The fourth-order valence-corrected chi connectivity index (χ4v) is 2.60. The maximum absolute atomic E-state index is 13.4. The molecule has 0 aromatic carbocycles. The van der Waals surface area contributed by atoms with Crippen molar-refractivity contribution >= 4 is 30.6 Å². The molecule has 0 aliphatic carbocycles. The van der Waals surface area contributed by atoms with Crippen molar-refractivity contribution in [3.63, 3.8) is 0 Å². The van der Waals surface area contributed by atoms with Gasteiger partial charge in [-0.3, -0.25) is 4.98 Å². The van der Waals surface area contributed by atoms with Crippen LogP contribution in [0.5, 0.6) is 0 Å². The Morgan fingerprint density at radius 2 is 1.80 bits per heavy atom. The summed E-state index contributed by atoms with van der Waals surface area (Å²) in [5.74, 6) is 0.228. The summed E-state index contributed by atoms with van der Waals surface area (Å²) in [6.45, 7) is 1.45. The van der Waals surface area contributed by atoms with Gasteiger partial charge in [-0.1, -0.05) is 6.07 Å². The quantitative estimate of drug-likeness (QED) is 0.835. The molecule has 0 fully saturated rings. The van der Waals surface area contributed by atoms with Crippen LogP contribution in [0.4, 0.5) is 19.0 Å². The molecule has 138 valence electrons. The number of halogens is 5. The Bertz CT molecular complexity index is 670. The second-order valence-electron chi connectivity index (χ2n) is 5.27. The van der Waals surface area contributed by atoms with Crippen molar-refractivity contribution in [1.82, 2.24) is 20.3 Å². The highest BCUT2D eigenvalue weighted by Crippen LogP contribution is 2.35. The number of nitrogens with zero attached hydrogens (tertiary/aromatic N) is 3. The summed E-state index contributed by atoms with van der Waals surface area (Å²) in [5.41, 5.74) is 1.44. The van der Waals surface area contributed by atoms with E-state index in [2.05, 4.69) is 25.6 Å². The number of hydrogen-bond acceptors (Lipinski definition) is 5. The smallest absolute Gasteiger partial charge is 0.353 e. The third kappa shape index (κ3) is 5.17. The summed E-state index contributed by atoms with van der Waals surface area (Å²) >= 11 is 0. The van der Waals surface area contributed by atoms with Crippen LogP contribution in [0, 0.1) is 0 Å². The van der Waals surface area contributed by atoms with Gasteiger partial charge in [-0.2, -0.15) is 13.2 Å². The summed E-state index contributed by atoms with van der Waals surface area (Å²) in [7, 11) is 0. The molecule has 25 heavy (non-hydrogen) atoms. The van der Waals surface area contributed by atoms with Crippen LogP contribution in [-0.2, 0) is 12.8 Å². The zero-order valence-electron chi connectivity index (χ0n) is 13.1. The first-order valence-electron chi connectivity index (χ1n) is 7.33. The van der Waals surface area contributed by atoms with E-state index in [1.807, 2.05) is 0 Å². The highest BCUT2D eigenvalue weighted by molar-refractivity contribution is 5.85. The number of pyridine rings is 1. The first-order valence-corrected chi connectivity index (χ1v) is 7.33. The zero-order chi connectivity index (χ0) is 16.3. The fraction of sp³-hybridized carbons (Fsp3) is 0.400. The normalized spacial score (nSPS) is 15.0. The van der Waals surface area contributed by atoms with Gasteiger partial charge < -0.3 is 10.6 Å². The highest BCUT2D eigenvalue weighted by Gasteiger charge is 2.42. The molecular formula is C15H18Cl2F3N5. The predicted octanol–water partition coefficient (Wildman–Crippen LogP) is 3.12. The topological polar surface area (TPSA) is 62.7 Å². The molecule has 10 heteroatoms. The minimum Gasteiger partial charge on any atom is -0.353 e. The van der Waals surface area contributed by atoms with E-state index in [4.69, 9.17) is 0 Å². The maximum Gasteiger partial charge on any atom is 0.414 e. The van der Waals surface area contributed by atoms with Crippen molar-refractivity contribution in [2.75, 3.05) is 18.4 Å². The Kier molecular flexibility index (Phi) is 7.85. The number of rotatable bonds is 3. The standard InChI is InChI=1S/C15H16F3N5.2ClH/c16-15(17,18)13(12-3-1-2-6-20-12)23-14-10-4-7-19-8-5-11(10)21-9-22-14;;/h1-3,6,9,13,19H,4-5,7-8H2,(H,21,22,23);2*1H. The number of fused-ring (bicyclic) bond motifs is 1. The van der Waals surface area contributed by atoms with Crippen LogP contribution in [-0.4, -0.2) is 34.2 Å². The summed E-state index contributed by atoms with van der Waals surface area (Å²) in [4.78, 5) is 12.1. The monoisotopic (exact) mass is 395 g/mol. The van der Waals surface area contributed by atoms with E-state index in [1.54, 1.807) is 6.07 Å². The molecule has 0 bridgehead atoms. The van der Waals surface area contributed by atoms with Gasteiger partial charge in [0.15, 0.2) is 6.04 Å². The van der Waals surface area contributed by atoms with E-state index in [0.717, 1.165) is 17.8 Å². The summed E-state index contributed by atoms with van der Waals surface area (Å²) in [6.07, 6.45) is -0.564. The van der Waals surface area contributed by atoms with Crippen molar-refractivity contribution in [1.29, 1.82) is 0 Å². The Morgan fingerprint density at radius 3 is 2.48 bits per heavy atom. The lowest BCUT2D eigenvalue weighted by atomic mass is 10.1. The van der Waals surface area contributed by atoms with Crippen LogP contribution in [0.25, 0.3) is 0 Å². The first kappa shape index (κ1) is 21.4. The van der Waals surface area contributed by atoms with Crippen LogP contribution in [0.15, 0.2) is 30.7 Å². The Morgan fingerprint density at radius 1 is 1.04 bits per heavy atom. The van der Waals surface area contributed by atoms with Gasteiger partial charge in [-0.05, 0) is 25.1 Å². The molecule has 1 aliphatic rings. The average molecular weight is 396 g/mol. The zero-order valence-corrected chi connectivity index (χ0v) is 14.7. The second-order valence-corrected chi connectivity index (χ2v) is 5.27. The Hall–Kier alpha value is -1.64. The van der Waals surface area contributed by atoms with Gasteiger partial charge in [0, 0.05) is 24.7 Å². The Labute approximate surface area is 155 Å².